The Labute approximate surface area is 111 Å². The SMILES string of the molecule is COCCC(C)(O)CNS(=O)(=O)c1cncc(F)c1. The lowest BCUT2D eigenvalue weighted by atomic mass is 10.0. The predicted octanol–water partition coefficient (Wildman–Crippen LogP) is 0.286. The molecule has 0 aliphatic heterocycles. The van der Waals surface area contributed by atoms with E-state index in [1.807, 2.05) is 0 Å². The van der Waals surface area contributed by atoms with E-state index in [0.717, 1.165) is 18.5 Å². The number of halogens is 1. The molecule has 0 aliphatic carbocycles. The molecule has 108 valence electrons. The van der Waals surface area contributed by atoms with E-state index in [4.69, 9.17) is 4.74 Å². The summed E-state index contributed by atoms with van der Waals surface area (Å²) in [6.07, 6.45) is 2.22. The van der Waals surface area contributed by atoms with Crippen LogP contribution in [0.5, 0.6) is 0 Å². The third kappa shape index (κ3) is 5.19. The number of nitrogens with zero attached hydrogens (tertiary/aromatic N) is 1. The first-order chi connectivity index (χ1) is 8.77. The van der Waals surface area contributed by atoms with Gasteiger partial charge in [-0.3, -0.25) is 4.98 Å². The summed E-state index contributed by atoms with van der Waals surface area (Å²) in [4.78, 5) is 3.19. The highest BCUT2D eigenvalue weighted by Crippen LogP contribution is 2.12. The maximum absolute atomic E-state index is 12.9. The molecule has 1 aromatic rings. The van der Waals surface area contributed by atoms with Gasteiger partial charge in [-0.2, -0.15) is 0 Å². The summed E-state index contributed by atoms with van der Waals surface area (Å²) in [6.45, 7) is 1.59. The van der Waals surface area contributed by atoms with Crippen LogP contribution in [0.3, 0.4) is 0 Å². The molecule has 0 fully saturated rings. The smallest absolute Gasteiger partial charge is 0.242 e. The van der Waals surface area contributed by atoms with Crippen molar-refractivity contribution in [2.45, 2.75) is 23.8 Å². The summed E-state index contributed by atoms with van der Waals surface area (Å²) < 4.78 is 43.6. The standard InChI is InChI=1S/C11H17FN2O4S/c1-11(15,3-4-18-2)8-14-19(16,17)10-5-9(12)6-13-7-10/h5-7,14-15H,3-4,8H2,1-2H3. The number of methoxy groups -OCH3 is 1. The number of hydrogen-bond donors (Lipinski definition) is 2. The molecule has 0 saturated carbocycles. The van der Waals surface area contributed by atoms with Crippen LogP contribution in [-0.4, -0.2) is 44.4 Å². The summed E-state index contributed by atoms with van der Waals surface area (Å²) in [5.41, 5.74) is -1.25. The van der Waals surface area contributed by atoms with Crippen LogP contribution in [0.2, 0.25) is 0 Å². The minimum Gasteiger partial charge on any atom is -0.389 e. The third-order valence-corrected chi connectivity index (χ3v) is 3.85. The molecule has 0 spiro atoms. The van der Waals surface area contributed by atoms with E-state index in [0.29, 0.717) is 6.61 Å². The summed E-state index contributed by atoms with van der Waals surface area (Å²) in [5, 5.41) is 9.91. The number of hydrogen-bond acceptors (Lipinski definition) is 5. The lowest BCUT2D eigenvalue weighted by Gasteiger charge is -2.23. The molecule has 0 aromatic carbocycles. The number of ether oxygens (including phenoxy) is 1. The molecule has 1 atom stereocenters. The maximum Gasteiger partial charge on any atom is 0.242 e. The van der Waals surface area contributed by atoms with E-state index >= 15 is 0 Å². The van der Waals surface area contributed by atoms with Gasteiger partial charge < -0.3 is 9.84 Å². The van der Waals surface area contributed by atoms with Crippen LogP contribution in [0.15, 0.2) is 23.4 Å². The molecule has 1 rings (SSSR count). The van der Waals surface area contributed by atoms with Gasteiger partial charge in [0.25, 0.3) is 0 Å². The highest BCUT2D eigenvalue weighted by Gasteiger charge is 2.24. The van der Waals surface area contributed by atoms with Gasteiger partial charge in [0, 0.05) is 32.9 Å². The zero-order valence-electron chi connectivity index (χ0n) is 10.8. The lowest BCUT2D eigenvalue weighted by molar-refractivity contribution is 0.0292. The molecule has 0 aliphatic rings. The van der Waals surface area contributed by atoms with E-state index in [-0.39, 0.29) is 17.9 Å². The number of aliphatic hydroxyl groups is 1. The van der Waals surface area contributed by atoms with Crippen molar-refractivity contribution in [3.05, 3.63) is 24.3 Å². The van der Waals surface area contributed by atoms with E-state index in [1.54, 1.807) is 0 Å². The predicted molar refractivity (Wildman–Crippen MR) is 66.5 cm³/mol. The fourth-order valence-electron chi connectivity index (χ4n) is 1.28. The number of sulfonamides is 1. The molecular weight excluding hydrogens is 275 g/mol. The fourth-order valence-corrected chi connectivity index (χ4v) is 2.42. The van der Waals surface area contributed by atoms with Crippen molar-refractivity contribution in [2.75, 3.05) is 20.3 Å². The molecule has 8 heteroatoms. The second-order valence-corrected chi connectivity index (χ2v) is 6.17. The minimum atomic E-state index is -3.89. The lowest BCUT2D eigenvalue weighted by Crippen LogP contribution is -2.41. The number of nitrogens with one attached hydrogen (secondary N) is 1. The van der Waals surface area contributed by atoms with Gasteiger partial charge in [-0.15, -0.1) is 0 Å². The Bertz CT molecular complexity index is 519. The van der Waals surface area contributed by atoms with Crippen molar-refractivity contribution in [1.29, 1.82) is 0 Å². The van der Waals surface area contributed by atoms with E-state index in [2.05, 4.69) is 9.71 Å². The Balaban J connectivity index is 2.71. The van der Waals surface area contributed by atoms with E-state index in [1.165, 1.54) is 14.0 Å². The van der Waals surface area contributed by atoms with Crippen molar-refractivity contribution in [3.63, 3.8) is 0 Å². The highest BCUT2D eigenvalue weighted by molar-refractivity contribution is 7.89. The summed E-state index contributed by atoms with van der Waals surface area (Å²) >= 11 is 0. The summed E-state index contributed by atoms with van der Waals surface area (Å²) in [7, 11) is -2.41. The van der Waals surface area contributed by atoms with Crippen molar-refractivity contribution in [2.24, 2.45) is 0 Å². The van der Waals surface area contributed by atoms with E-state index in [9.17, 15) is 17.9 Å². The van der Waals surface area contributed by atoms with Crippen LogP contribution in [-0.2, 0) is 14.8 Å². The average Bonchev–Trinajstić information content (AvgIpc) is 2.34. The molecule has 1 heterocycles. The number of rotatable bonds is 7. The van der Waals surface area contributed by atoms with Gasteiger partial charge in [0.15, 0.2) is 0 Å². The fraction of sp³-hybridized carbons (Fsp3) is 0.545. The first kappa shape index (κ1) is 16.0. The quantitative estimate of drug-likeness (QED) is 0.754. The first-order valence-corrected chi connectivity index (χ1v) is 7.07. The van der Waals surface area contributed by atoms with Gasteiger partial charge in [0.2, 0.25) is 10.0 Å². The van der Waals surface area contributed by atoms with Crippen molar-refractivity contribution >= 4 is 10.0 Å². The zero-order valence-corrected chi connectivity index (χ0v) is 11.6. The number of aromatic nitrogens is 1. The van der Waals surface area contributed by atoms with Crippen molar-refractivity contribution < 1.29 is 22.7 Å². The largest absolute Gasteiger partial charge is 0.389 e. The number of pyridine rings is 1. The Morgan fingerprint density at radius 3 is 2.79 bits per heavy atom. The molecule has 0 saturated heterocycles. The topological polar surface area (TPSA) is 88.5 Å². The van der Waals surface area contributed by atoms with Crippen molar-refractivity contribution in [1.82, 2.24) is 9.71 Å². The molecule has 0 radical (unpaired) electrons. The third-order valence-electron chi connectivity index (χ3n) is 2.48. The normalized spacial score (nSPS) is 15.2. The summed E-state index contributed by atoms with van der Waals surface area (Å²) in [5.74, 6) is -0.742. The second-order valence-electron chi connectivity index (χ2n) is 4.40. The van der Waals surface area contributed by atoms with Gasteiger partial charge in [0.1, 0.15) is 10.7 Å². The molecule has 0 amide bonds. The molecule has 6 nitrogen and oxygen atoms in total. The molecule has 0 bridgehead atoms. The first-order valence-electron chi connectivity index (χ1n) is 5.58. The van der Waals surface area contributed by atoms with Crippen LogP contribution in [0, 0.1) is 5.82 Å². The van der Waals surface area contributed by atoms with Crippen LogP contribution >= 0.6 is 0 Å². The Morgan fingerprint density at radius 1 is 1.53 bits per heavy atom. The molecule has 1 aromatic heterocycles. The van der Waals surface area contributed by atoms with Crippen LogP contribution in [0.4, 0.5) is 4.39 Å². The molecular formula is C11H17FN2O4S. The van der Waals surface area contributed by atoms with Gasteiger partial charge in [-0.05, 0) is 13.0 Å². The van der Waals surface area contributed by atoms with Crippen molar-refractivity contribution in [3.8, 4) is 0 Å². The van der Waals surface area contributed by atoms with Gasteiger partial charge in [0.05, 0.1) is 11.8 Å². The summed E-state index contributed by atoms with van der Waals surface area (Å²) in [6, 6.07) is 0.860. The second kappa shape index (κ2) is 6.38. The monoisotopic (exact) mass is 292 g/mol. The average molecular weight is 292 g/mol. The van der Waals surface area contributed by atoms with Crippen LogP contribution < -0.4 is 4.72 Å². The van der Waals surface area contributed by atoms with Gasteiger partial charge >= 0.3 is 0 Å². The Hall–Kier alpha value is -1.09. The van der Waals surface area contributed by atoms with Crippen LogP contribution in [0.25, 0.3) is 0 Å². The zero-order chi connectivity index (χ0) is 14.5. The maximum atomic E-state index is 12.9. The van der Waals surface area contributed by atoms with Gasteiger partial charge in [-0.1, -0.05) is 0 Å². The van der Waals surface area contributed by atoms with Crippen LogP contribution in [0.1, 0.15) is 13.3 Å². The van der Waals surface area contributed by atoms with Gasteiger partial charge in [-0.25, -0.2) is 17.5 Å². The Kier molecular flexibility index (Phi) is 5.36. The molecule has 19 heavy (non-hydrogen) atoms. The van der Waals surface area contributed by atoms with E-state index < -0.39 is 21.4 Å². The highest BCUT2D eigenvalue weighted by atomic mass is 32.2. The molecule has 2 N–H and O–H groups in total. The minimum absolute atomic E-state index is 0.199. The Morgan fingerprint density at radius 2 is 2.21 bits per heavy atom. The molecule has 1 unspecified atom stereocenters.